The predicted octanol–water partition coefficient (Wildman–Crippen LogP) is 5.10. The van der Waals surface area contributed by atoms with E-state index < -0.39 is 23.6 Å². The van der Waals surface area contributed by atoms with Crippen LogP contribution in [0.4, 0.5) is 18.9 Å². The van der Waals surface area contributed by atoms with Crippen LogP contribution >= 0.6 is 11.6 Å². The minimum atomic E-state index is -4.43. The molecule has 0 spiro atoms. The number of nitrogens with one attached hydrogen (secondary N) is 1. The third kappa shape index (κ3) is 4.86. The van der Waals surface area contributed by atoms with E-state index in [9.17, 15) is 22.8 Å². The highest BCUT2D eigenvalue weighted by Gasteiger charge is 2.29. The lowest BCUT2D eigenvalue weighted by molar-refractivity contribution is -0.137. The Balaban J connectivity index is 2.20. The van der Waals surface area contributed by atoms with Gasteiger partial charge in [-0.3, -0.25) is 4.79 Å². The van der Waals surface area contributed by atoms with Gasteiger partial charge in [0.05, 0.1) is 16.8 Å². The fourth-order valence-corrected chi connectivity index (χ4v) is 2.28. The van der Waals surface area contributed by atoms with E-state index in [-0.39, 0.29) is 21.8 Å². The summed E-state index contributed by atoms with van der Waals surface area (Å²) in [4.78, 5) is 23.4. The van der Waals surface area contributed by atoms with E-state index in [1.54, 1.807) is 0 Å². The molecule has 26 heavy (non-hydrogen) atoms. The summed E-state index contributed by atoms with van der Waals surface area (Å²) in [5.74, 6) is -1.85. The topological polar surface area (TPSA) is 66.4 Å². The Hall–Kier alpha value is -2.80. The van der Waals surface area contributed by atoms with Crippen molar-refractivity contribution in [1.82, 2.24) is 0 Å². The molecule has 136 valence electrons. The summed E-state index contributed by atoms with van der Waals surface area (Å²) in [5.41, 5.74) is -0.305. The maximum absolute atomic E-state index is 12.5. The van der Waals surface area contributed by atoms with Gasteiger partial charge in [-0.15, -0.1) is 0 Å². The average Bonchev–Trinajstić information content (AvgIpc) is 2.55. The minimum Gasteiger partial charge on any atom is -0.478 e. The lowest BCUT2D eigenvalue weighted by Gasteiger charge is -2.10. The van der Waals surface area contributed by atoms with Gasteiger partial charge >= 0.3 is 12.1 Å². The first kappa shape index (κ1) is 19.5. The van der Waals surface area contributed by atoms with Gasteiger partial charge in [0, 0.05) is 10.6 Å². The maximum Gasteiger partial charge on any atom is 0.416 e. The van der Waals surface area contributed by atoms with Crippen molar-refractivity contribution in [2.45, 2.75) is 13.1 Å². The van der Waals surface area contributed by atoms with Crippen LogP contribution in [0.25, 0.3) is 6.08 Å². The van der Waals surface area contributed by atoms with Crippen LogP contribution in [0.1, 0.15) is 28.4 Å². The van der Waals surface area contributed by atoms with E-state index in [0.29, 0.717) is 5.56 Å². The molecule has 8 heteroatoms. The van der Waals surface area contributed by atoms with Crippen molar-refractivity contribution in [2.75, 3.05) is 5.32 Å². The molecule has 0 aromatic heterocycles. The number of aromatic carboxylic acids is 1. The highest BCUT2D eigenvalue weighted by atomic mass is 35.5. The van der Waals surface area contributed by atoms with Crippen LogP contribution in [-0.2, 0) is 11.0 Å². The number of carbonyl (C=O) groups is 2. The van der Waals surface area contributed by atoms with Crippen LogP contribution in [0.5, 0.6) is 0 Å². The minimum absolute atomic E-state index is 0.0621. The summed E-state index contributed by atoms with van der Waals surface area (Å²) in [6, 6.07) is 8.30. The van der Waals surface area contributed by atoms with Gasteiger partial charge < -0.3 is 10.4 Å². The molecule has 0 heterocycles. The lowest BCUT2D eigenvalue weighted by atomic mass is 10.1. The molecule has 0 atom stereocenters. The van der Waals surface area contributed by atoms with Crippen molar-refractivity contribution in [3.8, 4) is 0 Å². The Bertz CT molecular complexity index is 874. The van der Waals surface area contributed by atoms with E-state index in [4.69, 9.17) is 16.7 Å². The van der Waals surface area contributed by atoms with Gasteiger partial charge in [0.25, 0.3) is 5.91 Å². The number of alkyl halides is 3. The number of hydrogen-bond donors (Lipinski definition) is 2. The summed E-state index contributed by atoms with van der Waals surface area (Å²) < 4.78 is 37.6. The van der Waals surface area contributed by atoms with Crippen LogP contribution in [-0.4, -0.2) is 17.0 Å². The Kier molecular flexibility index (Phi) is 5.72. The Morgan fingerprint density at radius 2 is 1.73 bits per heavy atom. The molecule has 2 N–H and O–H groups in total. The molecular weight excluding hydrogens is 371 g/mol. The first-order valence-electron chi connectivity index (χ1n) is 7.27. The van der Waals surface area contributed by atoms with Crippen LogP contribution < -0.4 is 5.32 Å². The number of hydrogen-bond acceptors (Lipinski definition) is 2. The van der Waals surface area contributed by atoms with Crippen molar-refractivity contribution < 1.29 is 27.9 Å². The monoisotopic (exact) mass is 383 g/mol. The van der Waals surface area contributed by atoms with Gasteiger partial charge in [0.15, 0.2) is 0 Å². The number of carboxylic acid groups (broad SMARTS) is 1. The molecular formula is C18H13ClF3NO3. The molecule has 0 aliphatic rings. The Morgan fingerprint density at radius 1 is 1.12 bits per heavy atom. The number of carbonyl (C=O) groups excluding carboxylic acids is 1. The number of halogens is 4. The smallest absolute Gasteiger partial charge is 0.416 e. The number of carboxylic acids is 1. The summed E-state index contributed by atoms with van der Waals surface area (Å²) >= 11 is 5.74. The summed E-state index contributed by atoms with van der Waals surface area (Å²) in [6.07, 6.45) is -3.04. The number of amides is 1. The van der Waals surface area contributed by atoms with E-state index in [2.05, 4.69) is 5.32 Å². The first-order valence-corrected chi connectivity index (χ1v) is 7.65. The molecule has 0 unspecified atom stereocenters. The lowest BCUT2D eigenvalue weighted by Crippen LogP contribution is -2.15. The van der Waals surface area contributed by atoms with Gasteiger partial charge in [-0.2, -0.15) is 13.2 Å². The predicted molar refractivity (Wildman–Crippen MR) is 92.1 cm³/mol. The zero-order valence-corrected chi connectivity index (χ0v) is 14.2. The molecule has 0 aliphatic heterocycles. The molecule has 0 saturated heterocycles. The van der Waals surface area contributed by atoms with E-state index >= 15 is 0 Å². The normalized spacial score (nSPS) is 12.0. The van der Waals surface area contributed by atoms with E-state index in [0.717, 1.165) is 12.1 Å². The van der Waals surface area contributed by atoms with Crippen molar-refractivity contribution in [1.29, 1.82) is 0 Å². The Labute approximate surface area is 151 Å². The van der Waals surface area contributed by atoms with Gasteiger partial charge in [0.1, 0.15) is 0 Å². The largest absolute Gasteiger partial charge is 0.478 e. The average molecular weight is 384 g/mol. The fraction of sp³-hybridized carbons (Fsp3) is 0.111. The molecule has 0 aliphatic carbocycles. The summed E-state index contributed by atoms with van der Waals surface area (Å²) in [5, 5.41) is 11.8. The van der Waals surface area contributed by atoms with Crippen molar-refractivity contribution in [3.05, 3.63) is 69.8 Å². The molecule has 0 saturated carbocycles. The molecule has 2 aromatic rings. The second kappa shape index (κ2) is 7.61. The molecule has 2 aromatic carbocycles. The molecule has 0 bridgehead atoms. The van der Waals surface area contributed by atoms with Gasteiger partial charge in [-0.25, -0.2) is 4.79 Å². The third-order valence-electron chi connectivity index (χ3n) is 3.44. The number of rotatable bonds is 4. The number of anilines is 1. The van der Waals surface area contributed by atoms with Crippen molar-refractivity contribution in [2.24, 2.45) is 0 Å². The van der Waals surface area contributed by atoms with Crippen LogP contribution in [0.3, 0.4) is 0 Å². The van der Waals surface area contributed by atoms with Crippen LogP contribution in [0.2, 0.25) is 5.02 Å². The first-order chi connectivity index (χ1) is 12.1. The van der Waals surface area contributed by atoms with Crippen molar-refractivity contribution >= 4 is 35.2 Å². The van der Waals surface area contributed by atoms with E-state index in [1.807, 2.05) is 0 Å². The van der Waals surface area contributed by atoms with Gasteiger partial charge in [-0.05, 0) is 48.9 Å². The standard InChI is InChI=1S/C18H13ClF3NO3/c1-10(8-11-2-4-12(5-3-11)18(20,21)22)16(24)23-15-7-6-13(19)9-14(15)17(25)26/h2-9H,1H3,(H,23,24)(H,25,26). The molecule has 2 rings (SSSR count). The maximum atomic E-state index is 12.5. The zero-order valence-electron chi connectivity index (χ0n) is 13.4. The van der Waals surface area contributed by atoms with Gasteiger partial charge in [-0.1, -0.05) is 23.7 Å². The molecule has 0 fully saturated rings. The van der Waals surface area contributed by atoms with E-state index in [1.165, 1.54) is 43.3 Å². The highest BCUT2D eigenvalue weighted by Crippen LogP contribution is 2.29. The van der Waals surface area contributed by atoms with Gasteiger partial charge in [0.2, 0.25) is 0 Å². The van der Waals surface area contributed by atoms with Crippen molar-refractivity contribution in [3.63, 3.8) is 0 Å². The summed E-state index contributed by atoms with van der Waals surface area (Å²) in [6.45, 7) is 1.46. The zero-order chi connectivity index (χ0) is 19.5. The van der Waals surface area contributed by atoms with Crippen LogP contribution in [0.15, 0.2) is 48.0 Å². The second-order valence-electron chi connectivity index (χ2n) is 5.40. The molecule has 0 radical (unpaired) electrons. The SMILES string of the molecule is CC(=Cc1ccc(C(F)(F)F)cc1)C(=O)Nc1ccc(Cl)cc1C(=O)O. The van der Waals surface area contributed by atoms with Crippen LogP contribution in [0, 0.1) is 0 Å². The summed E-state index contributed by atoms with van der Waals surface area (Å²) in [7, 11) is 0. The fourth-order valence-electron chi connectivity index (χ4n) is 2.11. The quantitative estimate of drug-likeness (QED) is 0.722. The Morgan fingerprint density at radius 3 is 2.27 bits per heavy atom. The molecule has 1 amide bonds. The molecule has 4 nitrogen and oxygen atoms in total. The highest BCUT2D eigenvalue weighted by molar-refractivity contribution is 6.31. The third-order valence-corrected chi connectivity index (χ3v) is 3.67. The second-order valence-corrected chi connectivity index (χ2v) is 5.83. The number of benzene rings is 2.